The molecule has 0 radical (unpaired) electrons. The predicted octanol–water partition coefficient (Wildman–Crippen LogP) is 3.23. The van der Waals surface area contributed by atoms with E-state index in [4.69, 9.17) is 4.74 Å². The summed E-state index contributed by atoms with van der Waals surface area (Å²) in [7, 11) is 0. The van der Waals surface area contributed by atoms with Gasteiger partial charge in [-0.1, -0.05) is 40.0 Å². The minimum Gasteiger partial charge on any atom is -0.444 e. The number of alkyl carbamates (subject to hydrolysis) is 1. The van der Waals surface area contributed by atoms with E-state index in [0.717, 1.165) is 12.8 Å². The Morgan fingerprint density at radius 2 is 1.71 bits per heavy atom. The molecule has 2 amide bonds. The Kier molecular flexibility index (Phi) is 9.06. The van der Waals surface area contributed by atoms with Gasteiger partial charge in [-0.05, 0) is 33.1 Å². The number of amides is 2. The molecule has 0 spiro atoms. The highest BCUT2D eigenvalue weighted by Crippen LogP contribution is 2.09. The van der Waals surface area contributed by atoms with E-state index in [0.29, 0.717) is 6.54 Å². The van der Waals surface area contributed by atoms with Gasteiger partial charge in [0.2, 0.25) is 5.91 Å². The molecule has 1 atom stereocenters. The summed E-state index contributed by atoms with van der Waals surface area (Å²) in [5.41, 5.74) is -0.567. The smallest absolute Gasteiger partial charge is 0.408 e. The second-order valence-electron chi connectivity index (χ2n) is 6.72. The maximum absolute atomic E-state index is 12.1. The van der Waals surface area contributed by atoms with Crippen molar-refractivity contribution in [3.05, 3.63) is 0 Å². The average molecular weight is 300 g/mol. The third-order valence-electron chi connectivity index (χ3n) is 2.95. The highest BCUT2D eigenvalue weighted by molar-refractivity contribution is 5.85. The minimum atomic E-state index is -0.567. The lowest BCUT2D eigenvalue weighted by Gasteiger charge is -2.25. The lowest BCUT2D eigenvalue weighted by Crippen LogP contribution is -2.51. The summed E-state index contributed by atoms with van der Waals surface area (Å²) in [6.07, 6.45) is 3.88. The number of hydrogen-bond donors (Lipinski definition) is 2. The molecule has 2 N–H and O–H groups in total. The van der Waals surface area contributed by atoms with Crippen LogP contribution in [0.2, 0.25) is 0 Å². The molecule has 0 saturated carbocycles. The van der Waals surface area contributed by atoms with E-state index in [9.17, 15) is 9.59 Å². The Labute approximate surface area is 129 Å². The number of nitrogens with one attached hydrogen (secondary N) is 2. The summed E-state index contributed by atoms with van der Waals surface area (Å²) < 4.78 is 5.20. The number of carbonyl (C=O) groups is 2. The Morgan fingerprint density at radius 1 is 1.10 bits per heavy atom. The number of unbranched alkanes of at least 4 members (excludes halogenated alkanes) is 3. The van der Waals surface area contributed by atoms with Crippen molar-refractivity contribution in [2.75, 3.05) is 6.54 Å². The van der Waals surface area contributed by atoms with E-state index in [1.165, 1.54) is 12.8 Å². The quantitative estimate of drug-likeness (QED) is 0.676. The highest BCUT2D eigenvalue weighted by atomic mass is 16.6. The minimum absolute atomic E-state index is 0.00756. The van der Waals surface area contributed by atoms with Gasteiger partial charge in [0.15, 0.2) is 0 Å². The molecule has 124 valence electrons. The van der Waals surface area contributed by atoms with E-state index in [1.807, 2.05) is 13.8 Å². The van der Waals surface area contributed by atoms with Gasteiger partial charge in [-0.15, -0.1) is 0 Å². The van der Waals surface area contributed by atoms with Crippen molar-refractivity contribution < 1.29 is 14.3 Å². The van der Waals surface area contributed by atoms with Crippen LogP contribution in [-0.4, -0.2) is 30.2 Å². The van der Waals surface area contributed by atoms with E-state index >= 15 is 0 Å². The molecule has 0 aromatic carbocycles. The summed E-state index contributed by atoms with van der Waals surface area (Å²) in [5, 5.41) is 5.53. The van der Waals surface area contributed by atoms with Crippen molar-refractivity contribution >= 4 is 12.0 Å². The van der Waals surface area contributed by atoms with Crippen LogP contribution in [0.4, 0.5) is 4.79 Å². The molecule has 21 heavy (non-hydrogen) atoms. The number of ether oxygens (including phenoxy) is 1. The first-order chi connectivity index (χ1) is 9.67. The van der Waals surface area contributed by atoms with Crippen molar-refractivity contribution in [2.45, 2.75) is 78.9 Å². The SMILES string of the molecule is CCCCCCNC(=O)C(NC(=O)OC(C)(C)C)C(C)C. The first-order valence-electron chi connectivity index (χ1n) is 7.94. The van der Waals surface area contributed by atoms with E-state index in [2.05, 4.69) is 17.6 Å². The van der Waals surface area contributed by atoms with Crippen LogP contribution in [0.25, 0.3) is 0 Å². The molecule has 0 bridgehead atoms. The maximum Gasteiger partial charge on any atom is 0.408 e. The number of rotatable bonds is 8. The molecule has 5 nitrogen and oxygen atoms in total. The number of carbonyl (C=O) groups excluding carboxylic acids is 2. The molecule has 0 aliphatic heterocycles. The molecule has 0 aliphatic rings. The van der Waals surface area contributed by atoms with Gasteiger partial charge in [-0.2, -0.15) is 0 Å². The van der Waals surface area contributed by atoms with E-state index in [-0.39, 0.29) is 11.8 Å². The highest BCUT2D eigenvalue weighted by Gasteiger charge is 2.26. The molecule has 0 rings (SSSR count). The Hall–Kier alpha value is -1.26. The molecule has 0 fully saturated rings. The van der Waals surface area contributed by atoms with Crippen LogP contribution < -0.4 is 10.6 Å². The largest absolute Gasteiger partial charge is 0.444 e. The molecule has 5 heteroatoms. The first-order valence-corrected chi connectivity index (χ1v) is 7.94. The zero-order chi connectivity index (χ0) is 16.5. The van der Waals surface area contributed by atoms with Gasteiger partial charge in [0.05, 0.1) is 0 Å². The van der Waals surface area contributed by atoms with Crippen molar-refractivity contribution in [3.8, 4) is 0 Å². The summed E-state index contributed by atoms with van der Waals surface area (Å²) in [4.78, 5) is 23.9. The molecular formula is C16H32N2O3. The normalized spacial score (nSPS) is 12.9. The predicted molar refractivity (Wildman–Crippen MR) is 85.1 cm³/mol. The summed E-state index contributed by atoms with van der Waals surface area (Å²) in [6.45, 7) is 12.0. The zero-order valence-electron chi connectivity index (χ0n) is 14.4. The fraction of sp³-hybridized carbons (Fsp3) is 0.875. The fourth-order valence-corrected chi connectivity index (χ4v) is 1.84. The van der Waals surface area contributed by atoms with E-state index < -0.39 is 17.7 Å². The topological polar surface area (TPSA) is 67.4 Å². The Balaban J connectivity index is 4.28. The van der Waals surface area contributed by atoms with Gasteiger partial charge in [-0.3, -0.25) is 4.79 Å². The van der Waals surface area contributed by atoms with Crippen LogP contribution in [-0.2, 0) is 9.53 Å². The van der Waals surface area contributed by atoms with Crippen molar-refractivity contribution in [1.82, 2.24) is 10.6 Å². The third-order valence-corrected chi connectivity index (χ3v) is 2.95. The van der Waals surface area contributed by atoms with Crippen molar-refractivity contribution in [1.29, 1.82) is 0 Å². The third kappa shape index (κ3) is 10.2. The van der Waals surface area contributed by atoms with Crippen LogP contribution in [0.5, 0.6) is 0 Å². The van der Waals surface area contributed by atoms with Crippen molar-refractivity contribution in [3.63, 3.8) is 0 Å². The number of hydrogen-bond acceptors (Lipinski definition) is 3. The maximum atomic E-state index is 12.1. The Bertz CT molecular complexity index is 322. The van der Waals surface area contributed by atoms with Crippen LogP contribution >= 0.6 is 0 Å². The molecule has 0 heterocycles. The van der Waals surface area contributed by atoms with Crippen LogP contribution in [0.15, 0.2) is 0 Å². The van der Waals surface area contributed by atoms with Crippen LogP contribution in [0, 0.1) is 5.92 Å². The van der Waals surface area contributed by atoms with Gasteiger partial charge >= 0.3 is 6.09 Å². The lowest BCUT2D eigenvalue weighted by atomic mass is 10.0. The zero-order valence-corrected chi connectivity index (χ0v) is 14.4. The Morgan fingerprint density at radius 3 is 2.19 bits per heavy atom. The van der Waals surface area contributed by atoms with Crippen LogP contribution in [0.3, 0.4) is 0 Å². The fourth-order valence-electron chi connectivity index (χ4n) is 1.84. The van der Waals surface area contributed by atoms with Gasteiger partial charge in [0, 0.05) is 6.54 Å². The molecule has 0 aromatic rings. The molecule has 0 aliphatic carbocycles. The summed E-state index contributed by atoms with van der Waals surface area (Å²) >= 11 is 0. The molecular weight excluding hydrogens is 268 g/mol. The summed E-state index contributed by atoms with van der Waals surface area (Å²) in [6, 6.07) is -0.564. The van der Waals surface area contributed by atoms with Crippen LogP contribution in [0.1, 0.15) is 67.2 Å². The monoisotopic (exact) mass is 300 g/mol. The second kappa shape index (κ2) is 9.64. The second-order valence-corrected chi connectivity index (χ2v) is 6.72. The molecule has 1 unspecified atom stereocenters. The standard InChI is InChI=1S/C16H32N2O3/c1-7-8-9-10-11-17-14(19)13(12(2)3)18-15(20)21-16(4,5)6/h12-13H,7-11H2,1-6H3,(H,17,19)(H,18,20). The first kappa shape index (κ1) is 19.7. The average Bonchev–Trinajstić information content (AvgIpc) is 2.33. The summed E-state index contributed by atoms with van der Waals surface area (Å²) in [5.74, 6) is -0.138. The van der Waals surface area contributed by atoms with Gasteiger partial charge in [-0.25, -0.2) is 4.79 Å². The van der Waals surface area contributed by atoms with Gasteiger partial charge < -0.3 is 15.4 Å². The lowest BCUT2D eigenvalue weighted by molar-refractivity contribution is -0.124. The van der Waals surface area contributed by atoms with E-state index in [1.54, 1.807) is 20.8 Å². The van der Waals surface area contributed by atoms with Gasteiger partial charge in [0.1, 0.15) is 11.6 Å². The molecule has 0 saturated heterocycles. The van der Waals surface area contributed by atoms with Gasteiger partial charge in [0.25, 0.3) is 0 Å². The molecule has 0 aromatic heterocycles. The van der Waals surface area contributed by atoms with Crippen molar-refractivity contribution in [2.24, 2.45) is 5.92 Å².